The average Bonchev–Trinajstić information content (AvgIpc) is 2.86. The first-order valence-corrected chi connectivity index (χ1v) is 11.6. The van der Waals surface area contributed by atoms with Crippen LogP contribution in [-0.2, 0) is 16.0 Å². The summed E-state index contributed by atoms with van der Waals surface area (Å²) in [5, 5.41) is 15.5. The van der Waals surface area contributed by atoms with E-state index < -0.39 is 5.91 Å². The number of nitrogens with one attached hydrogen (secondary N) is 1. The van der Waals surface area contributed by atoms with Crippen molar-refractivity contribution in [1.82, 2.24) is 10.3 Å². The highest BCUT2D eigenvalue weighted by Crippen LogP contribution is 2.25. The van der Waals surface area contributed by atoms with Crippen LogP contribution in [0.2, 0.25) is 5.02 Å². The quantitative estimate of drug-likeness (QED) is 0.361. The van der Waals surface area contributed by atoms with Gasteiger partial charge in [-0.25, -0.2) is 5.43 Å². The first-order chi connectivity index (χ1) is 16.8. The Kier molecular flexibility index (Phi) is 7.31. The lowest BCUT2D eigenvalue weighted by molar-refractivity contribution is -0.134. The second kappa shape index (κ2) is 10.6. The molecule has 3 aromatic carbocycles. The van der Waals surface area contributed by atoms with E-state index in [1.807, 2.05) is 36.4 Å². The minimum atomic E-state index is -0.463. The van der Waals surface area contributed by atoms with Crippen LogP contribution in [-0.4, -0.2) is 47.0 Å². The SMILES string of the molecule is NC(=O)C1CCN(C(=O)Cc2ccc(/C=N/NC(=O)c3ccc(O)c(Cl)c3)c3ccccc23)CC1. The molecule has 0 bridgehead atoms. The van der Waals surface area contributed by atoms with Gasteiger partial charge in [0.25, 0.3) is 5.91 Å². The number of hydrogen-bond acceptors (Lipinski definition) is 5. The smallest absolute Gasteiger partial charge is 0.271 e. The first-order valence-electron chi connectivity index (χ1n) is 11.2. The van der Waals surface area contributed by atoms with E-state index >= 15 is 0 Å². The van der Waals surface area contributed by atoms with Gasteiger partial charge in [0.15, 0.2) is 0 Å². The van der Waals surface area contributed by atoms with Crippen molar-refractivity contribution in [2.24, 2.45) is 16.8 Å². The number of likely N-dealkylation sites (tertiary alicyclic amines) is 1. The van der Waals surface area contributed by atoms with Gasteiger partial charge in [-0.3, -0.25) is 14.4 Å². The number of nitrogens with zero attached hydrogens (tertiary/aromatic N) is 2. The third kappa shape index (κ3) is 5.60. The Balaban J connectivity index is 1.46. The minimum Gasteiger partial charge on any atom is -0.506 e. The number of phenols is 1. The van der Waals surface area contributed by atoms with E-state index in [1.54, 1.807) is 11.1 Å². The number of halogens is 1. The second-order valence-corrected chi connectivity index (χ2v) is 8.87. The Bertz CT molecular complexity index is 1320. The molecule has 3 aromatic rings. The van der Waals surface area contributed by atoms with Crippen molar-refractivity contribution in [2.45, 2.75) is 19.3 Å². The number of hydrazone groups is 1. The van der Waals surface area contributed by atoms with E-state index in [-0.39, 0.29) is 40.5 Å². The number of fused-ring (bicyclic) bond motifs is 1. The fourth-order valence-electron chi connectivity index (χ4n) is 4.21. The molecule has 1 saturated heterocycles. The van der Waals surface area contributed by atoms with Crippen molar-refractivity contribution >= 4 is 46.3 Å². The highest BCUT2D eigenvalue weighted by atomic mass is 35.5. The summed E-state index contributed by atoms with van der Waals surface area (Å²) in [6.07, 6.45) is 2.98. The number of phenolic OH excluding ortho intramolecular Hbond substituents is 1. The van der Waals surface area contributed by atoms with Crippen molar-refractivity contribution in [3.05, 3.63) is 76.3 Å². The van der Waals surface area contributed by atoms with Crippen molar-refractivity contribution in [2.75, 3.05) is 13.1 Å². The van der Waals surface area contributed by atoms with Gasteiger partial charge in [0.1, 0.15) is 5.75 Å². The predicted octanol–water partition coefficient (Wildman–Crippen LogP) is 3.23. The number of amides is 3. The lowest BCUT2D eigenvalue weighted by atomic mass is 9.95. The molecule has 0 aromatic heterocycles. The zero-order chi connectivity index (χ0) is 24.9. The van der Waals surface area contributed by atoms with Gasteiger partial charge in [-0.05, 0) is 47.4 Å². The summed E-state index contributed by atoms with van der Waals surface area (Å²) in [5.74, 6) is -1.02. The highest BCUT2D eigenvalue weighted by Gasteiger charge is 2.26. The minimum absolute atomic E-state index is 0.0133. The van der Waals surface area contributed by atoms with Crippen molar-refractivity contribution in [1.29, 1.82) is 0 Å². The van der Waals surface area contributed by atoms with Crippen LogP contribution in [0.1, 0.15) is 34.3 Å². The topological polar surface area (TPSA) is 125 Å². The summed E-state index contributed by atoms with van der Waals surface area (Å²) in [6, 6.07) is 15.6. The summed E-state index contributed by atoms with van der Waals surface area (Å²) in [5.41, 5.74) is 9.79. The Hall–Kier alpha value is -3.91. The molecule has 180 valence electrons. The van der Waals surface area contributed by atoms with Gasteiger partial charge >= 0.3 is 0 Å². The number of carbonyl (C=O) groups is 3. The number of carbonyl (C=O) groups excluding carboxylic acids is 3. The molecule has 0 spiro atoms. The number of benzene rings is 3. The molecule has 0 unspecified atom stereocenters. The molecule has 3 amide bonds. The number of primary amides is 1. The molecule has 35 heavy (non-hydrogen) atoms. The summed E-state index contributed by atoms with van der Waals surface area (Å²) in [4.78, 5) is 38.4. The molecule has 1 aliphatic rings. The number of nitrogens with two attached hydrogens (primary N) is 1. The van der Waals surface area contributed by atoms with Crippen molar-refractivity contribution in [3.63, 3.8) is 0 Å². The van der Waals surface area contributed by atoms with Crippen LogP contribution < -0.4 is 11.2 Å². The molecule has 9 heteroatoms. The molecule has 1 fully saturated rings. The van der Waals surface area contributed by atoms with E-state index in [9.17, 15) is 19.5 Å². The van der Waals surface area contributed by atoms with E-state index in [2.05, 4.69) is 10.5 Å². The molecule has 8 nitrogen and oxygen atoms in total. The van der Waals surface area contributed by atoms with E-state index in [0.717, 1.165) is 21.9 Å². The molecule has 1 aliphatic heterocycles. The van der Waals surface area contributed by atoms with E-state index in [0.29, 0.717) is 25.9 Å². The van der Waals surface area contributed by atoms with Gasteiger partial charge in [-0.1, -0.05) is 48.0 Å². The summed E-state index contributed by atoms with van der Waals surface area (Å²) >= 11 is 5.86. The van der Waals surface area contributed by atoms with Gasteiger partial charge in [0.2, 0.25) is 11.8 Å². The van der Waals surface area contributed by atoms with Gasteiger partial charge < -0.3 is 15.7 Å². The maximum Gasteiger partial charge on any atom is 0.271 e. The Morgan fingerprint density at radius 1 is 1.09 bits per heavy atom. The van der Waals surface area contributed by atoms with E-state index in [4.69, 9.17) is 17.3 Å². The van der Waals surface area contributed by atoms with Crippen LogP contribution in [0.3, 0.4) is 0 Å². The summed E-state index contributed by atoms with van der Waals surface area (Å²) in [6.45, 7) is 1.06. The molecule has 4 rings (SSSR count). The molecule has 4 N–H and O–H groups in total. The number of aromatic hydroxyl groups is 1. The van der Waals surface area contributed by atoms with Gasteiger partial charge in [0, 0.05) is 30.1 Å². The fraction of sp³-hybridized carbons (Fsp3) is 0.231. The zero-order valence-electron chi connectivity index (χ0n) is 18.9. The molecular weight excluding hydrogens is 468 g/mol. The van der Waals surface area contributed by atoms with Crippen molar-refractivity contribution in [3.8, 4) is 5.75 Å². The average molecular weight is 493 g/mol. The Morgan fingerprint density at radius 2 is 1.80 bits per heavy atom. The lowest BCUT2D eigenvalue weighted by Crippen LogP contribution is -2.42. The van der Waals surface area contributed by atoms with Crippen LogP contribution in [0, 0.1) is 5.92 Å². The Labute approximate surface area is 207 Å². The molecule has 0 saturated carbocycles. The monoisotopic (exact) mass is 492 g/mol. The normalized spacial score (nSPS) is 14.4. The number of piperidine rings is 1. The standard InChI is InChI=1S/C26H25ClN4O4/c27-22-13-18(7-8-23(22)32)26(35)30-29-15-19-6-5-17(20-3-1-2-4-21(19)20)14-24(33)31-11-9-16(10-12-31)25(28)34/h1-8,13,15-16,32H,9-12,14H2,(H2,28,34)(H,30,35)/b29-15+. The zero-order valence-corrected chi connectivity index (χ0v) is 19.7. The fourth-order valence-corrected chi connectivity index (χ4v) is 4.39. The first kappa shape index (κ1) is 24.2. The number of rotatable bonds is 6. The largest absolute Gasteiger partial charge is 0.506 e. The second-order valence-electron chi connectivity index (χ2n) is 8.46. The third-order valence-corrected chi connectivity index (χ3v) is 6.52. The van der Waals surface area contributed by atoms with Crippen LogP contribution >= 0.6 is 11.6 Å². The molecule has 1 heterocycles. The van der Waals surface area contributed by atoms with Gasteiger partial charge in [-0.2, -0.15) is 5.10 Å². The summed E-state index contributed by atoms with van der Waals surface area (Å²) in [7, 11) is 0. The number of hydrogen-bond donors (Lipinski definition) is 3. The van der Waals surface area contributed by atoms with Crippen LogP contribution in [0.15, 0.2) is 59.7 Å². The van der Waals surface area contributed by atoms with Crippen molar-refractivity contribution < 1.29 is 19.5 Å². The van der Waals surface area contributed by atoms with E-state index in [1.165, 1.54) is 18.2 Å². The van der Waals surface area contributed by atoms with Gasteiger partial charge in [0.05, 0.1) is 17.7 Å². The third-order valence-electron chi connectivity index (χ3n) is 6.22. The molecule has 0 radical (unpaired) electrons. The Morgan fingerprint density at radius 3 is 2.49 bits per heavy atom. The molecule has 0 aliphatic carbocycles. The molecular formula is C26H25ClN4O4. The maximum absolute atomic E-state index is 12.9. The summed E-state index contributed by atoms with van der Waals surface area (Å²) < 4.78 is 0. The van der Waals surface area contributed by atoms with Crippen LogP contribution in [0.4, 0.5) is 0 Å². The van der Waals surface area contributed by atoms with Gasteiger partial charge in [-0.15, -0.1) is 0 Å². The maximum atomic E-state index is 12.9. The molecule has 0 atom stereocenters. The van der Waals surface area contributed by atoms with Crippen LogP contribution in [0.25, 0.3) is 10.8 Å². The lowest BCUT2D eigenvalue weighted by Gasteiger charge is -2.30. The highest BCUT2D eigenvalue weighted by molar-refractivity contribution is 6.32. The van der Waals surface area contributed by atoms with Crippen LogP contribution in [0.5, 0.6) is 5.75 Å². The predicted molar refractivity (Wildman–Crippen MR) is 134 cm³/mol.